The SMILES string of the molecule is Cc1ccc([N+](=O)[O-])cc1N(CC(=O)N(Cc1ccccc1F)[C@@H](Cc1ccccc1)C(=O)NC(C)C)S(C)(=O)=O. The number of carbonyl (C=O) groups is 2. The minimum Gasteiger partial charge on any atom is -0.352 e. The molecule has 1 N–H and O–H groups in total. The van der Waals surface area contributed by atoms with E-state index in [2.05, 4.69) is 5.32 Å². The number of halogens is 1. The third-order valence-electron chi connectivity index (χ3n) is 6.35. The van der Waals surface area contributed by atoms with Gasteiger partial charge in [0.15, 0.2) is 0 Å². The predicted molar refractivity (Wildman–Crippen MR) is 154 cm³/mol. The molecule has 0 saturated heterocycles. The predicted octanol–water partition coefficient (Wildman–Crippen LogP) is 3.97. The standard InChI is InChI=1S/C29H33FN4O6S/c1-20(2)31-29(36)27(16-22-10-6-5-7-11-22)32(18-23-12-8-9-13-25(23)30)28(35)19-33(41(4,39)40)26-17-24(34(37)38)15-14-21(26)3/h5-15,17,20,27H,16,18-19H2,1-4H3,(H,31,36)/t27-/m0/s1. The van der Waals surface area contributed by atoms with Crippen LogP contribution in [0.2, 0.25) is 0 Å². The molecule has 3 rings (SSSR count). The molecule has 1 atom stereocenters. The second kappa shape index (κ2) is 13.4. The van der Waals surface area contributed by atoms with Gasteiger partial charge in [0.05, 0.1) is 16.9 Å². The average Bonchev–Trinajstić information content (AvgIpc) is 2.90. The lowest BCUT2D eigenvalue weighted by Crippen LogP contribution is -2.54. The lowest BCUT2D eigenvalue weighted by molar-refractivity contribution is -0.384. The number of carbonyl (C=O) groups excluding carboxylic acids is 2. The zero-order valence-corrected chi connectivity index (χ0v) is 24.1. The number of anilines is 1. The molecule has 0 unspecified atom stereocenters. The van der Waals surface area contributed by atoms with Gasteiger partial charge in [0.25, 0.3) is 5.69 Å². The van der Waals surface area contributed by atoms with E-state index in [0.717, 1.165) is 27.1 Å². The Labute approximate surface area is 239 Å². The fraction of sp³-hybridized carbons (Fsp3) is 0.310. The minimum absolute atomic E-state index is 0.0490. The smallest absolute Gasteiger partial charge is 0.271 e. The molecule has 0 heterocycles. The first-order valence-electron chi connectivity index (χ1n) is 12.9. The Morgan fingerprint density at radius 3 is 2.24 bits per heavy atom. The summed E-state index contributed by atoms with van der Waals surface area (Å²) in [6, 6.07) is 17.1. The van der Waals surface area contributed by atoms with Crippen LogP contribution in [0.1, 0.15) is 30.5 Å². The van der Waals surface area contributed by atoms with E-state index >= 15 is 0 Å². The van der Waals surface area contributed by atoms with Crippen molar-refractivity contribution in [1.82, 2.24) is 10.2 Å². The van der Waals surface area contributed by atoms with Crippen molar-refractivity contribution in [2.45, 2.75) is 45.8 Å². The molecule has 10 nitrogen and oxygen atoms in total. The average molecular weight is 585 g/mol. The molecule has 3 aromatic carbocycles. The number of aryl methyl sites for hydroxylation is 1. The molecule has 2 amide bonds. The van der Waals surface area contributed by atoms with E-state index in [1.807, 2.05) is 0 Å². The zero-order valence-electron chi connectivity index (χ0n) is 23.3. The van der Waals surface area contributed by atoms with E-state index in [9.17, 15) is 32.5 Å². The van der Waals surface area contributed by atoms with Gasteiger partial charge in [0, 0.05) is 36.7 Å². The quantitative estimate of drug-likeness (QED) is 0.253. The Hall–Kier alpha value is -4.32. The van der Waals surface area contributed by atoms with Crippen LogP contribution < -0.4 is 9.62 Å². The second-order valence-corrected chi connectivity index (χ2v) is 11.9. The van der Waals surface area contributed by atoms with Gasteiger partial charge in [-0.3, -0.25) is 24.0 Å². The van der Waals surface area contributed by atoms with Crippen LogP contribution in [-0.4, -0.2) is 54.9 Å². The molecule has 0 aromatic heterocycles. The Kier molecular flexibility index (Phi) is 10.2. The minimum atomic E-state index is -4.13. The fourth-order valence-electron chi connectivity index (χ4n) is 4.32. The number of nitro benzene ring substituents is 1. The molecule has 41 heavy (non-hydrogen) atoms. The number of benzene rings is 3. The summed E-state index contributed by atoms with van der Waals surface area (Å²) in [5.41, 5.74) is 0.846. The molecule has 0 radical (unpaired) electrons. The monoisotopic (exact) mass is 584 g/mol. The van der Waals surface area contributed by atoms with Crippen molar-refractivity contribution in [1.29, 1.82) is 0 Å². The topological polar surface area (TPSA) is 130 Å². The van der Waals surface area contributed by atoms with E-state index < -0.39 is 45.2 Å². The molecule has 218 valence electrons. The summed E-state index contributed by atoms with van der Waals surface area (Å²) in [5.74, 6) is -1.88. The Balaban J connectivity index is 2.12. The van der Waals surface area contributed by atoms with Gasteiger partial charge in [-0.15, -0.1) is 0 Å². The van der Waals surface area contributed by atoms with Crippen molar-refractivity contribution in [3.8, 4) is 0 Å². The summed E-state index contributed by atoms with van der Waals surface area (Å²) in [4.78, 5) is 39.4. The lowest BCUT2D eigenvalue weighted by atomic mass is 10.0. The molecule has 0 spiro atoms. The Morgan fingerprint density at radius 2 is 1.66 bits per heavy atom. The van der Waals surface area contributed by atoms with Crippen LogP contribution in [-0.2, 0) is 32.6 Å². The fourth-order valence-corrected chi connectivity index (χ4v) is 5.22. The summed E-state index contributed by atoms with van der Waals surface area (Å²) in [6.45, 7) is 4.00. The Bertz CT molecular complexity index is 1510. The number of nitro groups is 1. The summed E-state index contributed by atoms with van der Waals surface area (Å²) in [6.07, 6.45) is 0.959. The summed E-state index contributed by atoms with van der Waals surface area (Å²) < 4.78 is 41.4. The van der Waals surface area contributed by atoms with E-state index in [1.165, 1.54) is 30.3 Å². The van der Waals surface area contributed by atoms with Gasteiger partial charge in [0.2, 0.25) is 21.8 Å². The molecular weight excluding hydrogens is 551 g/mol. The molecule has 3 aromatic rings. The summed E-state index contributed by atoms with van der Waals surface area (Å²) >= 11 is 0. The Morgan fingerprint density at radius 1 is 1.02 bits per heavy atom. The number of nitrogens with zero attached hydrogens (tertiary/aromatic N) is 3. The number of rotatable bonds is 12. The maximum Gasteiger partial charge on any atom is 0.271 e. The molecule has 0 bridgehead atoms. The number of amides is 2. The number of hydrogen-bond acceptors (Lipinski definition) is 6. The van der Waals surface area contributed by atoms with E-state index in [0.29, 0.717) is 5.56 Å². The van der Waals surface area contributed by atoms with Crippen LogP contribution in [0.5, 0.6) is 0 Å². The van der Waals surface area contributed by atoms with E-state index in [4.69, 9.17) is 0 Å². The first-order chi connectivity index (χ1) is 19.3. The van der Waals surface area contributed by atoms with Crippen LogP contribution in [0.3, 0.4) is 0 Å². The molecule has 12 heteroatoms. The molecule has 0 saturated carbocycles. The molecule has 0 aliphatic rings. The normalized spacial score (nSPS) is 12.0. The van der Waals surface area contributed by atoms with Gasteiger partial charge in [-0.05, 0) is 38.0 Å². The van der Waals surface area contributed by atoms with E-state index in [1.54, 1.807) is 57.2 Å². The van der Waals surface area contributed by atoms with E-state index in [-0.39, 0.29) is 35.9 Å². The number of non-ortho nitro benzene ring substituents is 1. The van der Waals surface area contributed by atoms with Crippen LogP contribution in [0.4, 0.5) is 15.8 Å². The lowest BCUT2D eigenvalue weighted by Gasteiger charge is -2.34. The zero-order chi connectivity index (χ0) is 30.3. The van der Waals surface area contributed by atoms with Crippen molar-refractivity contribution in [2.75, 3.05) is 17.1 Å². The second-order valence-electron chi connectivity index (χ2n) is 9.98. The van der Waals surface area contributed by atoms with Crippen molar-refractivity contribution in [2.24, 2.45) is 0 Å². The molecule has 0 fully saturated rings. The van der Waals surface area contributed by atoms with Crippen molar-refractivity contribution in [3.05, 3.63) is 105 Å². The number of sulfonamides is 1. The van der Waals surface area contributed by atoms with Crippen LogP contribution in [0.15, 0.2) is 72.8 Å². The largest absolute Gasteiger partial charge is 0.352 e. The van der Waals surface area contributed by atoms with Crippen LogP contribution in [0, 0.1) is 22.9 Å². The number of nitrogens with one attached hydrogen (secondary N) is 1. The third-order valence-corrected chi connectivity index (χ3v) is 7.48. The highest BCUT2D eigenvalue weighted by molar-refractivity contribution is 7.92. The van der Waals surface area contributed by atoms with Gasteiger partial charge in [-0.1, -0.05) is 54.6 Å². The van der Waals surface area contributed by atoms with Crippen molar-refractivity contribution < 1.29 is 27.3 Å². The number of hydrogen-bond donors (Lipinski definition) is 1. The van der Waals surface area contributed by atoms with Gasteiger partial charge >= 0.3 is 0 Å². The van der Waals surface area contributed by atoms with Gasteiger partial charge < -0.3 is 10.2 Å². The first kappa shape index (κ1) is 31.2. The van der Waals surface area contributed by atoms with Crippen molar-refractivity contribution >= 4 is 33.2 Å². The first-order valence-corrected chi connectivity index (χ1v) is 14.7. The highest BCUT2D eigenvalue weighted by Gasteiger charge is 2.34. The highest BCUT2D eigenvalue weighted by atomic mass is 32.2. The van der Waals surface area contributed by atoms with Crippen molar-refractivity contribution in [3.63, 3.8) is 0 Å². The molecular formula is C29H33FN4O6S. The summed E-state index contributed by atoms with van der Waals surface area (Å²) in [7, 11) is -4.13. The highest BCUT2D eigenvalue weighted by Crippen LogP contribution is 2.28. The van der Waals surface area contributed by atoms with Gasteiger partial charge in [0.1, 0.15) is 18.4 Å². The maximum atomic E-state index is 14.8. The van der Waals surface area contributed by atoms with Gasteiger partial charge in [-0.2, -0.15) is 0 Å². The molecule has 0 aliphatic heterocycles. The maximum absolute atomic E-state index is 14.8. The van der Waals surface area contributed by atoms with Crippen LogP contribution in [0.25, 0.3) is 0 Å². The third kappa shape index (κ3) is 8.34. The van der Waals surface area contributed by atoms with Gasteiger partial charge in [-0.25, -0.2) is 12.8 Å². The van der Waals surface area contributed by atoms with Crippen LogP contribution >= 0.6 is 0 Å². The summed E-state index contributed by atoms with van der Waals surface area (Å²) in [5, 5.41) is 14.2. The molecule has 0 aliphatic carbocycles.